The van der Waals surface area contributed by atoms with Crippen LogP contribution < -0.4 is 5.32 Å². The standard InChI is InChI=1S/C25H31NO5S/c1-18-5-11-24(12-6-18)32(28,29)31-17-19-7-8-21-15-22(10-9-20(21)14-19)23-4-2-3-13-30-25(27)26-16-23/h5-6,9-12,15,19,23H,2-4,7-8,13-14,16-17H2,1H3,(H,26,27)/t19-,23+/m1/s1. The maximum atomic E-state index is 12.5. The van der Waals surface area contributed by atoms with Gasteiger partial charge in [0.05, 0.1) is 18.1 Å². The lowest BCUT2D eigenvalue weighted by Gasteiger charge is -2.26. The molecule has 7 heteroatoms. The maximum Gasteiger partial charge on any atom is 0.407 e. The normalized spacial score (nSPS) is 22.0. The van der Waals surface area contributed by atoms with Crippen LogP contribution in [-0.4, -0.2) is 34.3 Å². The van der Waals surface area contributed by atoms with E-state index >= 15 is 0 Å². The predicted molar refractivity (Wildman–Crippen MR) is 122 cm³/mol. The smallest absolute Gasteiger partial charge is 0.407 e. The van der Waals surface area contributed by atoms with Gasteiger partial charge in [0, 0.05) is 12.5 Å². The van der Waals surface area contributed by atoms with E-state index in [-0.39, 0.29) is 29.4 Å². The predicted octanol–water partition coefficient (Wildman–Crippen LogP) is 4.50. The second kappa shape index (κ2) is 10.0. The van der Waals surface area contributed by atoms with Gasteiger partial charge in [0.25, 0.3) is 10.1 Å². The highest BCUT2D eigenvalue weighted by Gasteiger charge is 2.24. The lowest BCUT2D eigenvalue weighted by molar-refractivity contribution is 0.146. The molecule has 2 atom stereocenters. The molecule has 2 aromatic rings. The summed E-state index contributed by atoms with van der Waals surface area (Å²) in [6.45, 7) is 3.19. The van der Waals surface area contributed by atoms with Gasteiger partial charge in [-0.25, -0.2) is 4.79 Å². The Morgan fingerprint density at radius 3 is 2.69 bits per heavy atom. The van der Waals surface area contributed by atoms with Crippen molar-refractivity contribution in [1.82, 2.24) is 5.32 Å². The highest BCUT2D eigenvalue weighted by Crippen LogP contribution is 2.31. The third-order valence-electron chi connectivity index (χ3n) is 6.47. The first-order chi connectivity index (χ1) is 15.4. The highest BCUT2D eigenvalue weighted by molar-refractivity contribution is 7.86. The summed E-state index contributed by atoms with van der Waals surface area (Å²) in [5.41, 5.74) is 4.85. The van der Waals surface area contributed by atoms with E-state index in [0.29, 0.717) is 13.2 Å². The number of benzene rings is 2. The fourth-order valence-corrected chi connectivity index (χ4v) is 5.48. The van der Waals surface area contributed by atoms with Crippen molar-refractivity contribution in [3.63, 3.8) is 0 Å². The molecule has 172 valence electrons. The zero-order valence-electron chi connectivity index (χ0n) is 18.5. The van der Waals surface area contributed by atoms with Crippen LogP contribution in [0.1, 0.15) is 53.9 Å². The summed E-state index contributed by atoms with van der Waals surface area (Å²) in [5.74, 6) is 0.460. The van der Waals surface area contributed by atoms with E-state index in [1.54, 1.807) is 24.3 Å². The van der Waals surface area contributed by atoms with E-state index in [9.17, 15) is 13.2 Å². The molecule has 1 fully saturated rings. The molecule has 2 aromatic carbocycles. The number of hydrogen-bond donors (Lipinski definition) is 1. The van der Waals surface area contributed by atoms with Crippen molar-refractivity contribution in [2.45, 2.75) is 56.3 Å². The Balaban J connectivity index is 1.38. The minimum Gasteiger partial charge on any atom is -0.450 e. The van der Waals surface area contributed by atoms with Crippen LogP contribution >= 0.6 is 0 Å². The van der Waals surface area contributed by atoms with E-state index in [1.165, 1.54) is 16.7 Å². The number of aryl methyl sites for hydroxylation is 2. The van der Waals surface area contributed by atoms with E-state index in [0.717, 1.165) is 44.1 Å². The average Bonchev–Trinajstić information content (AvgIpc) is 2.89. The zero-order chi connectivity index (χ0) is 22.6. The minimum absolute atomic E-state index is 0.176. The Morgan fingerprint density at radius 2 is 1.88 bits per heavy atom. The number of nitrogens with one attached hydrogen (secondary N) is 1. The molecule has 1 aliphatic carbocycles. The number of hydrogen-bond acceptors (Lipinski definition) is 5. The Bertz CT molecular complexity index is 1050. The molecule has 4 rings (SSSR count). The van der Waals surface area contributed by atoms with E-state index in [4.69, 9.17) is 8.92 Å². The topological polar surface area (TPSA) is 81.7 Å². The number of carbonyl (C=O) groups is 1. The van der Waals surface area contributed by atoms with Gasteiger partial charge < -0.3 is 10.1 Å². The van der Waals surface area contributed by atoms with Crippen molar-refractivity contribution in [3.8, 4) is 0 Å². The van der Waals surface area contributed by atoms with Crippen molar-refractivity contribution in [1.29, 1.82) is 0 Å². The highest BCUT2D eigenvalue weighted by atomic mass is 32.2. The molecule has 2 aliphatic rings. The Labute approximate surface area is 190 Å². The third kappa shape index (κ3) is 5.70. The molecule has 32 heavy (non-hydrogen) atoms. The first kappa shape index (κ1) is 22.8. The SMILES string of the molecule is Cc1ccc(S(=O)(=O)OC[C@@H]2CCc3cc([C@H]4CCCCOC(=O)NC4)ccc3C2)cc1. The molecule has 0 spiro atoms. The van der Waals surface area contributed by atoms with Crippen LogP contribution in [-0.2, 0) is 31.9 Å². The molecule has 1 amide bonds. The lowest BCUT2D eigenvalue weighted by atomic mass is 9.81. The molecular weight excluding hydrogens is 426 g/mol. The number of ether oxygens (including phenoxy) is 1. The van der Waals surface area contributed by atoms with Crippen LogP contribution in [0.5, 0.6) is 0 Å². The van der Waals surface area contributed by atoms with E-state index in [2.05, 4.69) is 23.5 Å². The Hall–Kier alpha value is -2.38. The molecule has 0 aromatic heterocycles. The van der Waals surface area contributed by atoms with Gasteiger partial charge in [-0.15, -0.1) is 0 Å². The van der Waals surface area contributed by atoms with Crippen LogP contribution in [0.15, 0.2) is 47.4 Å². The lowest BCUT2D eigenvalue weighted by Crippen LogP contribution is -2.28. The van der Waals surface area contributed by atoms with Crippen molar-refractivity contribution in [2.75, 3.05) is 19.8 Å². The largest absolute Gasteiger partial charge is 0.450 e. The molecule has 0 bridgehead atoms. The Kier molecular flexibility index (Phi) is 7.16. The summed E-state index contributed by atoms with van der Waals surface area (Å²) in [6, 6.07) is 13.3. The van der Waals surface area contributed by atoms with E-state index in [1.807, 2.05) is 6.92 Å². The summed E-state index contributed by atoms with van der Waals surface area (Å²) in [7, 11) is -3.73. The second-order valence-electron chi connectivity index (χ2n) is 8.90. The van der Waals surface area contributed by atoms with Crippen molar-refractivity contribution >= 4 is 16.2 Å². The van der Waals surface area contributed by atoms with Gasteiger partial charge in [0.1, 0.15) is 0 Å². The first-order valence-corrected chi connectivity index (χ1v) is 12.8. The molecular formula is C25H31NO5S. The van der Waals surface area contributed by atoms with E-state index < -0.39 is 10.1 Å². The van der Waals surface area contributed by atoms with Crippen molar-refractivity contribution < 1.29 is 22.1 Å². The average molecular weight is 458 g/mol. The summed E-state index contributed by atoms with van der Waals surface area (Å²) >= 11 is 0. The zero-order valence-corrected chi connectivity index (χ0v) is 19.3. The quantitative estimate of drug-likeness (QED) is 0.669. The van der Waals surface area contributed by atoms with Gasteiger partial charge in [0.2, 0.25) is 0 Å². The van der Waals surface area contributed by atoms with Crippen LogP contribution in [0.4, 0.5) is 4.79 Å². The molecule has 0 unspecified atom stereocenters. The molecule has 1 heterocycles. The van der Waals surface area contributed by atoms with Crippen LogP contribution in [0.2, 0.25) is 0 Å². The summed E-state index contributed by atoms with van der Waals surface area (Å²) in [5, 5.41) is 2.87. The summed E-state index contributed by atoms with van der Waals surface area (Å²) < 4.78 is 35.5. The molecule has 6 nitrogen and oxygen atoms in total. The fourth-order valence-electron chi connectivity index (χ4n) is 4.51. The second-order valence-corrected chi connectivity index (χ2v) is 10.5. The molecule has 1 aliphatic heterocycles. The van der Waals surface area contributed by atoms with Gasteiger partial charge in [-0.2, -0.15) is 8.42 Å². The van der Waals surface area contributed by atoms with Gasteiger partial charge in [-0.3, -0.25) is 4.18 Å². The molecule has 1 saturated heterocycles. The molecule has 0 saturated carbocycles. The van der Waals surface area contributed by atoms with Gasteiger partial charge >= 0.3 is 6.09 Å². The van der Waals surface area contributed by atoms with Gasteiger partial charge in [-0.1, -0.05) is 35.9 Å². The van der Waals surface area contributed by atoms with Gasteiger partial charge in [-0.05, 0) is 80.2 Å². The van der Waals surface area contributed by atoms with Crippen LogP contribution in [0, 0.1) is 12.8 Å². The molecule has 1 N–H and O–H groups in total. The number of rotatable bonds is 5. The number of fused-ring (bicyclic) bond motifs is 1. The first-order valence-electron chi connectivity index (χ1n) is 11.4. The van der Waals surface area contributed by atoms with Crippen molar-refractivity contribution in [2.24, 2.45) is 5.92 Å². The maximum absolute atomic E-state index is 12.5. The van der Waals surface area contributed by atoms with Gasteiger partial charge in [0.15, 0.2) is 0 Å². The number of cyclic esters (lactones) is 1. The number of amides is 1. The Morgan fingerprint density at radius 1 is 1.06 bits per heavy atom. The third-order valence-corrected chi connectivity index (χ3v) is 7.77. The number of alkyl carbamates (subject to hydrolysis) is 1. The fraction of sp³-hybridized carbons (Fsp3) is 0.480. The van der Waals surface area contributed by atoms with Crippen LogP contribution in [0.25, 0.3) is 0 Å². The monoisotopic (exact) mass is 457 g/mol. The summed E-state index contributed by atoms with van der Waals surface area (Å²) in [6.07, 6.45) is 5.23. The minimum atomic E-state index is -3.73. The van der Waals surface area contributed by atoms with Crippen LogP contribution in [0.3, 0.4) is 0 Å². The van der Waals surface area contributed by atoms with Crippen molar-refractivity contribution in [3.05, 3.63) is 64.7 Å². The molecule has 0 radical (unpaired) electrons. The summed E-state index contributed by atoms with van der Waals surface area (Å²) in [4.78, 5) is 11.9. The number of carbonyl (C=O) groups excluding carboxylic acids is 1.